The Labute approximate surface area is 164 Å². The molecule has 4 heterocycles. The molecular formula is C18H21F3N6O2. The van der Waals surface area contributed by atoms with Crippen LogP contribution in [-0.2, 0) is 17.8 Å². The van der Waals surface area contributed by atoms with Crippen molar-refractivity contribution in [2.45, 2.75) is 44.7 Å². The smallest absolute Gasteiger partial charge is 0.377 e. The zero-order valence-electron chi connectivity index (χ0n) is 15.8. The summed E-state index contributed by atoms with van der Waals surface area (Å²) in [6.45, 7) is 3.29. The zero-order valence-corrected chi connectivity index (χ0v) is 15.8. The van der Waals surface area contributed by atoms with Crippen molar-refractivity contribution in [1.82, 2.24) is 19.7 Å². The van der Waals surface area contributed by atoms with Gasteiger partial charge in [-0.2, -0.15) is 28.4 Å². The summed E-state index contributed by atoms with van der Waals surface area (Å²) >= 11 is 0. The average molecular weight is 410 g/mol. The standard InChI is InChI=1S/C18H21F3N6O2/c1-12-11-29-7-6-25(12)15-8-16(28)26-5-3-14(18(19,20)21)27(17(26)24-15)10-13-2-4-22-23-9-13/h2,4,8-9,12,14H,3,5-7,10-11H2,1H3/t12-,14+/m1/s1. The van der Waals surface area contributed by atoms with Crippen molar-refractivity contribution >= 4 is 11.8 Å². The van der Waals surface area contributed by atoms with Gasteiger partial charge in [0.2, 0.25) is 5.95 Å². The van der Waals surface area contributed by atoms with Gasteiger partial charge in [-0.3, -0.25) is 9.36 Å². The van der Waals surface area contributed by atoms with Crippen molar-refractivity contribution in [3.05, 3.63) is 40.4 Å². The van der Waals surface area contributed by atoms with Crippen LogP contribution in [0.25, 0.3) is 0 Å². The molecule has 4 rings (SSSR count). The number of hydrogen-bond acceptors (Lipinski definition) is 7. The van der Waals surface area contributed by atoms with Gasteiger partial charge in [0.25, 0.3) is 5.56 Å². The maximum absolute atomic E-state index is 13.8. The van der Waals surface area contributed by atoms with Crippen molar-refractivity contribution in [2.24, 2.45) is 0 Å². The third-order valence-electron chi connectivity index (χ3n) is 5.27. The van der Waals surface area contributed by atoms with Crippen molar-refractivity contribution in [2.75, 3.05) is 29.6 Å². The minimum atomic E-state index is -4.45. The van der Waals surface area contributed by atoms with Crippen LogP contribution in [0.5, 0.6) is 0 Å². The van der Waals surface area contributed by atoms with Gasteiger partial charge >= 0.3 is 6.18 Å². The SMILES string of the molecule is C[C@@H]1COCCN1c1cc(=O)n2c(n1)N(Cc1ccnnc1)[C@H](C(F)(F)F)CC2. The molecule has 0 N–H and O–H groups in total. The summed E-state index contributed by atoms with van der Waals surface area (Å²) in [5.74, 6) is 0.398. The van der Waals surface area contributed by atoms with Crippen LogP contribution in [0.15, 0.2) is 29.3 Å². The zero-order chi connectivity index (χ0) is 20.6. The van der Waals surface area contributed by atoms with E-state index in [1.54, 1.807) is 6.07 Å². The molecule has 1 saturated heterocycles. The van der Waals surface area contributed by atoms with Gasteiger partial charge in [-0.1, -0.05) is 0 Å². The fraction of sp³-hybridized carbons (Fsp3) is 0.556. The summed E-state index contributed by atoms with van der Waals surface area (Å²) in [4.78, 5) is 20.3. The number of anilines is 2. The molecule has 2 aliphatic rings. The largest absolute Gasteiger partial charge is 0.408 e. The Morgan fingerprint density at radius 2 is 2.10 bits per heavy atom. The molecule has 0 aromatic carbocycles. The average Bonchev–Trinajstić information content (AvgIpc) is 2.68. The number of morpholine rings is 1. The van der Waals surface area contributed by atoms with Gasteiger partial charge < -0.3 is 14.5 Å². The molecule has 2 atom stereocenters. The highest BCUT2D eigenvalue weighted by Crippen LogP contribution is 2.35. The van der Waals surface area contributed by atoms with Crippen LogP contribution in [0.2, 0.25) is 0 Å². The Morgan fingerprint density at radius 1 is 1.28 bits per heavy atom. The van der Waals surface area contributed by atoms with Gasteiger partial charge in [-0.15, -0.1) is 0 Å². The second-order valence-electron chi connectivity index (χ2n) is 7.25. The van der Waals surface area contributed by atoms with Crippen molar-refractivity contribution in [1.29, 1.82) is 0 Å². The summed E-state index contributed by atoms with van der Waals surface area (Å²) in [5.41, 5.74) is 0.198. The first-order chi connectivity index (χ1) is 13.8. The summed E-state index contributed by atoms with van der Waals surface area (Å²) in [6.07, 6.45) is -1.83. The van der Waals surface area contributed by atoms with E-state index in [-0.39, 0.29) is 37.1 Å². The van der Waals surface area contributed by atoms with Gasteiger partial charge in [-0.05, 0) is 25.0 Å². The summed E-state index contributed by atoms with van der Waals surface area (Å²) < 4.78 is 48.1. The number of halogens is 3. The highest BCUT2D eigenvalue weighted by atomic mass is 19.4. The molecule has 0 amide bonds. The molecule has 156 valence electrons. The topological polar surface area (TPSA) is 76.4 Å². The Balaban J connectivity index is 1.78. The van der Waals surface area contributed by atoms with E-state index in [4.69, 9.17) is 4.74 Å². The Hall–Kier alpha value is -2.69. The lowest BCUT2D eigenvalue weighted by atomic mass is 10.1. The van der Waals surface area contributed by atoms with Gasteiger partial charge in [0.1, 0.15) is 11.9 Å². The monoisotopic (exact) mass is 410 g/mol. The van der Waals surface area contributed by atoms with Gasteiger partial charge in [0, 0.05) is 31.9 Å². The maximum atomic E-state index is 13.8. The molecule has 11 heteroatoms. The quantitative estimate of drug-likeness (QED) is 0.761. The molecule has 29 heavy (non-hydrogen) atoms. The molecule has 2 aliphatic heterocycles. The van der Waals surface area contributed by atoms with E-state index in [2.05, 4.69) is 15.2 Å². The number of hydrogen-bond donors (Lipinski definition) is 0. The molecule has 0 spiro atoms. The highest BCUT2D eigenvalue weighted by molar-refractivity contribution is 5.48. The molecule has 8 nitrogen and oxygen atoms in total. The number of aromatic nitrogens is 4. The van der Waals surface area contributed by atoms with Crippen LogP contribution in [-0.4, -0.2) is 57.8 Å². The van der Waals surface area contributed by atoms with E-state index in [9.17, 15) is 18.0 Å². The number of rotatable bonds is 3. The third kappa shape index (κ3) is 3.91. The molecule has 0 aliphatic carbocycles. The molecular weight excluding hydrogens is 389 g/mol. The van der Waals surface area contributed by atoms with E-state index >= 15 is 0 Å². The highest BCUT2D eigenvalue weighted by Gasteiger charge is 2.47. The van der Waals surface area contributed by atoms with Crippen LogP contribution in [0, 0.1) is 0 Å². The number of nitrogens with zero attached hydrogens (tertiary/aromatic N) is 6. The Bertz CT molecular complexity index is 920. The predicted octanol–water partition coefficient (Wildman–Crippen LogP) is 1.60. The molecule has 2 aromatic heterocycles. The van der Waals surface area contributed by atoms with E-state index in [0.717, 1.165) is 4.90 Å². The predicted molar refractivity (Wildman–Crippen MR) is 98.8 cm³/mol. The molecule has 0 saturated carbocycles. The Kier molecular flexibility index (Phi) is 5.15. The first-order valence-electron chi connectivity index (χ1n) is 9.40. The van der Waals surface area contributed by atoms with Crippen molar-refractivity contribution in [3.8, 4) is 0 Å². The van der Waals surface area contributed by atoms with Gasteiger partial charge in [0.05, 0.1) is 25.5 Å². The van der Waals surface area contributed by atoms with E-state index < -0.39 is 12.2 Å². The fourth-order valence-corrected chi connectivity index (χ4v) is 3.80. The van der Waals surface area contributed by atoms with Gasteiger partial charge in [0.15, 0.2) is 0 Å². The summed E-state index contributed by atoms with van der Waals surface area (Å²) in [7, 11) is 0. The van der Waals surface area contributed by atoms with Crippen LogP contribution in [0.4, 0.5) is 24.9 Å². The normalized spacial score (nSPS) is 22.5. The van der Waals surface area contributed by atoms with E-state index in [0.29, 0.717) is 31.1 Å². The lowest BCUT2D eigenvalue weighted by Gasteiger charge is -2.40. The van der Waals surface area contributed by atoms with Gasteiger partial charge in [-0.25, -0.2) is 0 Å². The van der Waals surface area contributed by atoms with E-state index in [1.165, 1.54) is 23.0 Å². The number of ether oxygens (including phenoxy) is 1. The van der Waals surface area contributed by atoms with Crippen LogP contribution in [0.3, 0.4) is 0 Å². The first-order valence-corrected chi connectivity index (χ1v) is 9.40. The molecule has 1 fully saturated rings. The van der Waals surface area contributed by atoms with Crippen molar-refractivity contribution < 1.29 is 17.9 Å². The summed E-state index contributed by atoms with van der Waals surface area (Å²) in [5, 5.41) is 7.41. The molecule has 0 bridgehead atoms. The van der Waals surface area contributed by atoms with Crippen LogP contribution >= 0.6 is 0 Å². The minimum Gasteiger partial charge on any atom is -0.377 e. The summed E-state index contributed by atoms with van der Waals surface area (Å²) in [6, 6.07) is 1.23. The number of fused-ring (bicyclic) bond motifs is 1. The first kappa shape index (κ1) is 19.6. The second-order valence-corrected chi connectivity index (χ2v) is 7.25. The fourth-order valence-electron chi connectivity index (χ4n) is 3.80. The lowest BCUT2D eigenvalue weighted by molar-refractivity contribution is -0.153. The number of alkyl halides is 3. The van der Waals surface area contributed by atoms with Crippen molar-refractivity contribution in [3.63, 3.8) is 0 Å². The Morgan fingerprint density at radius 3 is 2.79 bits per heavy atom. The second kappa shape index (κ2) is 7.62. The lowest BCUT2D eigenvalue weighted by Crippen LogP contribution is -2.52. The van der Waals surface area contributed by atoms with Crippen LogP contribution in [0.1, 0.15) is 18.9 Å². The molecule has 0 unspecified atom stereocenters. The minimum absolute atomic E-state index is 0.0246. The molecule has 0 radical (unpaired) electrons. The van der Waals surface area contributed by atoms with E-state index in [1.807, 2.05) is 11.8 Å². The van der Waals surface area contributed by atoms with Crippen LogP contribution < -0.4 is 15.4 Å². The third-order valence-corrected chi connectivity index (χ3v) is 5.27. The maximum Gasteiger partial charge on any atom is 0.408 e. The molecule has 2 aromatic rings.